The van der Waals surface area contributed by atoms with Gasteiger partial charge in [-0.25, -0.2) is 4.98 Å². The summed E-state index contributed by atoms with van der Waals surface area (Å²) in [4.78, 5) is 32.1. The van der Waals surface area contributed by atoms with Crippen LogP contribution >= 0.6 is 0 Å². The van der Waals surface area contributed by atoms with Crippen LogP contribution in [0.25, 0.3) is 11.1 Å². The highest BCUT2D eigenvalue weighted by Gasteiger charge is 2.21. The third kappa shape index (κ3) is 8.05. The predicted octanol–water partition coefficient (Wildman–Crippen LogP) is 3.04. The average molecular weight is 454 g/mol. The normalized spacial score (nSPS) is 15.6. The number of ether oxygens (including phenoxy) is 1. The number of H-pyrrole nitrogens is 1. The van der Waals surface area contributed by atoms with Crippen LogP contribution in [0.15, 0.2) is 47.5 Å². The van der Waals surface area contributed by atoms with Crippen LogP contribution in [0.3, 0.4) is 0 Å². The van der Waals surface area contributed by atoms with Gasteiger partial charge in [0, 0.05) is 56.3 Å². The van der Waals surface area contributed by atoms with Crippen LogP contribution in [-0.4, -0.2) is 61.1 Å². The topological polar surface area (TPSA) is 99.4 Å². The number of nitrogens with one attached hydrogen (secondary N) is 3. The number of amides is 1. The Bertz CT molecular complexity index is 978. The minimum atomic E-state index is -0.0876. The minimum absolute atomic E-state index is 0.0876. The van der Waals surface area contributed by atoms with Crippen molar-refractivity contribution in [3.63, 3.8) is 0 Å². The number of hydrogen-bond donors (Lipinski definition) is 3. The summed E-state index contributed by atoms with van der Waals surface area (Å²) < 4.78 is 5.12. The third-order valence-corrected chi connectivity index (χ3v) is 5.71. The molecular formula is C25H35N5O3. The van der Waals surface area contributed by atoms with Gasteiger partial charge in [-0.05, 0) is 62.8 Å². The number of piperidine rings is 1. The van der Waals surface area contributed by atoms with E-state index >= 15 is 0 Å². The molecule has 0 bridgehead atoms. The van der Waals surface area contributed by atoms with Crippen LogP contribution < -0.4 is 20.9 Å². The summed E-state index contributed by atoms with van der Waals surface area (Å²) in [5.41, 5.74) is 2.42. The van der Waals surface area contributed by atoms with Gasteiger partial charge in [-0.2, -0.15) is 0 Å². The van der Waals surface area contributed by atoms with Crippen molar-refractivity contribution in [1.29, 1.82) is 0 Å². The summed E-state index contributed by atoms with van der Waals surface area (Å²) in [6.45, 7) is 3.50. The molecule has 8 heteroatoms. The highest BCUT2D eigenvalue weighted by Crippen LogP contribution is 2.29. The fourth-order valence-corrected chi connectivity index (χ4v) is 3.56. The van der Waals surface area contributed by atoms with Crippen LogP contribution in [0.4, 0.5) is 5.69 Å². The number of likely N-dealkylation sites (N-methyl/N-ethyl adjacent to an activating group) is 1. The number of aromatic amines is 1. The molecule has 1 saturated heterocycles. The maximum Gasteiger partial charge on any atom is 0.271 e. The molecule has 0 aromatic carbocycles. The first-order valence-electron chi connectivity index (χ1n) is 11.7. The van der Waals surface area contributed by atoms with Crippen LogP contribution in [0, 0.1) is 5.92 Å². The van der Waals surface area contributed by atoms with Crippen molar-refractivity contribution in [2.45, 2.75) is 32.1 Å². The van der Waals surface area contributed by atoms with Crippen LogP contribution in [0.1, 0.15) is 32.1 Å². The van der Waals surface area contributed by atoms with Crippen molar-refractivity contribution in [3.8, 4) is 17.0 Å². The molecule has 1 aliphatic heterocycles. The molecule has 2 fully saturated rings. The molecule has 178 valence electrons. The first-order valence-corrected chi connectivity index (χ1v) is 11.7. The van der Waals surface area contributed by atoms with Crippen molar-refractivity contribution in [2.24, 2.45) is 5.92 Å². The highest BCUT2D eigenvalue weighted by atomic mass is 16.5. The summed E-state index contributed by atoms with van der Waals surface area (Å²) in [6.07, 6.45) is 13.0. The average Bonchev–Trinajstić information content (AvgIpc) is 3.69. The molecule has 2 aliphatic rings. The SMILES string of the molecule is CNC/C=C/C(=O)N1CCCCC1.COc1cc(-c2c[nH]c(=O)c(NCC3CC3)c2)ccn1. The lowest BCUT2D eigenvalue weighted by Crippen LogP contribution is -2.34. The van der Waals surface area contributed by atoms with E-state index in [1.54, 1.807) is 25.6 Å². The number of likely N-dealkylation sites (tertiary alicyclic amines) is 1. The molecule has 3 N–H and O–H groups in total. The van der Waals surface area contributed by atoms with E-state index in [2.05, 4.69) is 20.6 Å². The maximum atomic E-state index is 11.8. The Morgan fingerprint density at radius 2 is 2.03 bits per heavy atom. The Morgan fingerprint density at radius 3 is 2.73 bits per heavy atom. The monoisotopic (exact) mass is 453 g/mol. The second-order valence-corrected chi connectivity index (χ2v) is 8.39. The second-order valence-electron chi connectivity index (χ2n) is 8.39. The van der Waals surface area contributed by atoms with Gasteiger partial charge < -0.3 is 25.3 Å². The number of rotatable bonds is 8. The molecule has 33 heavy (non-hydrogen) atoms. The fourth-order valence-electron chi connectivity index (χ4n) is 3.56. The highest BCUT2D eigenvalue weighted by molar-refractivity contribution is 5.87. The van der Waals surface area contributed by atoms with E-state index in [0.29, 0.717) is 11.6 Å². The number of carbonyl (C=O) groups excluding carboxylic acids is 1. The standard InChI is InChI=1S/C15H17N3O2.C10H18N2O/c1-20-14-7-11(4-5-16-14)12-6-13(15(19)18-9-12)17-8-10-2-3-10;1-11-7-5-6-10(13)12-8-3-2-4-9-12/h4-7,9-10,17H,2-3,8H2,1H3,(H,18,19);5-6,11H,2-4,7-9H2,1H3/b;6-5+. The van der Waals surface area contributed by atoms with Gasteiger partial charge in [0.15, 0.2) is 0 Å². The Labute approximate surface area is 195 Å². The first-order chi connectivity index (χ1) is 16.1. The number of methoxy groups -OCH3 is 1. The Balaban J connectivity index is 0.000000205. The zero-order valence-electron chi connectivity index (χ0n) is 19.6. The Hall–Kier alpha value is -3.13. The maximum absolute atomic E-state index is 11.8. The predicted molar refractivity (Wildman–Crippen MR) is 132 cm³/mol. The summed E-state index contributed by atoms with van der Waals surface area (Å²) in [5, 5.41) is 6.19. The van der Waals surface area contributed by atoms with Crippen LogP contribution in [0.5, 0.6) is 5.88 Å². The van der Waals surface area contributed by atoms with Gasteiger partial charge >= 0.3 is 0 Å². The first kappa shape index (κ1) is 24.5. The molecule has 3 heterocycles. The summed E-state index contributed by atoms with van der Waals surface area (Å²) in [7, 11) is 3.46. The molecule has 1 amide bonds. The van der Waals surface area contributed by atoms with E-state index in [1.807, 2.05) is 36.2 Å². The van der Waals surface area contributed by atoms with E-state index in [-0.39, 0.29) is 11.5 Å². The molecule has 1 aliphatic carbocycles. The molecule has 4 rings (SSSR count). The van der Waals surface area contributed by atoms with Crippen molar-refractivity contribution >= 4 is 11.6 Å². The lowest BCUT2D eigenvalue weighted by Gasteiger charge is -2.25. The van der Waals surface area contributed by atoms with Crippen molar-refractivity contribution in [1.82, 2.24) is 20.2 Å². The fraction of sp³-hybridized carbons (Fsp3) is 0.480. The second kappa shape index (κ2) is 12.8. The van der Waals surface area contributed by atoms with Crippen molar-refractivity contribution in [3.05, 3.63) is 53.1 Å². The van der Waals surface area contributed by atoms with Gasteiger partial charge in [-0.3, -0.25) is 9.59 Å². The quantitative estimate of drug-likeness (QED) is 0.532. The van der Waals surface area contributed by atoms with E-state index in [9.17, 15) is 9.59 Å². The molecule has 1 saturated carbocycles. The van der Waals surface area contributed by atoms with Crippen molar-refractivity contribution in [2.75, 3.05) is 45.7 Å². The van der Waals surface area contributed by atoms with E-state index < -0.39 is 0 Å². The van der Waals surface area contributed by atoms with Crippen molar-refractivity contribution < 1.29 is 9.53 Å². The number of nitrogens with zero attached hydrogens (tertiary/aromatic N) is 2. The molecule has 2 aromatic heterocycles. The largest absolute Gasteiger partial charge is 0.481 e. The molecule has 0 unspecified atom stereocenters. The number of carbonyl (C=O) groups is 1. The molecule has 0 radical (unpaired) electrons. The molecule has 0 spiro atoms. The minimum Gasteiger partial charge on any atom is -0.481 e. The van der Waals surface area contributed by atoms with E-state index in [0.717, 1.165) is 56.1 Å². The zero-order chi connectivity index (χ0) is 23.5. The Morgan fingerprint density at radius 1 is 1.24 bits per heavy atom. The molecule has 0 atom stereocenters. The lowest BCUT2D eigenvalue weighted by atomic mass is 10.1. The summed E-state index contributed by atoms with van der Waals surface area (Å²) >= 11 is 0. The molecule has 8 nitrogen and oxygen atoms in total. The van der Waals surface area contributed by atoms with Gasteiger partial charge in [-0.1, -0.05) is 6.08 Å². The number of aromatic nitrogens is 2. The van der Waals surface area contributed by atoms with Gasteiger partial charge in [0.25, 0.3) is 5.56 Å². The third-order valence-electron chi connectivity index (χ3n) is 5.71. The van der Waals surface area contributed by atoms with Gasteiger partial charge in [0.1, 0.15) is 5.69 Å². The smallest absolute Gasteiger partial charge is 0.271 e. The van der Waals surface area contributed by atoms with Crippen LogP contribution in [0.2, 0.25) is 0 Å². The van der Waals surface area contributed by atoms with Gasteiger partial charge in [0.2, 0.25) is 11.8 Å². The number of anilines is 1. The zero-order valence-corrected chi connectivity index (χ0v) is 19.6. The number of pyridine rings is 2. The van der Waals surface area contributed by atoms with Gasteiger partial charge in [0.05, 0.1) is 7.11 Å². The number of hydrogen-bond acceptors (Lipinski definition) is 6. The molecular weight excluding hydrogens is 418 g/mol. The summed E-state index contributed by atoms with van der Waals surface area (Å²) in [6, 6.07) is 5.61. The van der Waals surface area contributed by atoms with Crippen LogP contribution in [-0.2, 0) is 4.79 Å². The molecule has 2 aromatic rings. The van der Waals surface area contributed by atoms with Gasteiger partial charge in [-0.15, -0.1) is 0 Å². The lowest BCUT2D eigenvalue weighted by molar-refractivity contribution is -0.126. The Kier molecular flexibility index (Phi) is 9.50. The summed E-state index contributed by atoms with van der Waals surface area (Å²) in [5.74, 6) is 1.44. The van der Waals surface area contributed by atoms with E-state index in [1.165, 1.54) is 19.3 Å². The van der Waals surface area contributed by atoms with E-state index in [4.69, 9.17) is 4.74 Å².